The van der Waals surface area contributed by atoms with Crippen molar-refractivity contribution in [2.75, 3.05) is 11.4 Å². The van der Waals surface area contributed by atoms with Gasteiger partial charge in [0, 0.05) is 18.2 Å². The minimum Gasteiger partial charge on any atom is -0.423 e. The molecule has 4 heteroatoms. The lowest BCUT2D eigenvalue weighted by atomic mass is 9.85. The van der Waals surface area contributed by atoms with E-state index < -0.39 is 0 Å². The van der Waals surface area contributed by atoms with Crippen LogP contribution in [-0.4, -0.2) is 16.7 Å². The Kier molecular flexibility index (Phi) is 3.17. The van der Waals surface area contributed by atoms with Crippen molar-refractivity contribution in [3.63, 3.8) is 0 Å². The fourth-order valence-corrected chi connectivity index (χ4v) is 3.28. The summed E-state index contributed by atoms with van der Waals surface area (Å²) in [7, 11) is 0. The van der Waals surface area contributed by atoms with E-state index in [1.165, 1.54) is 48.9 Å². The number of nitrogens with zero attached hydrogens (tertiary/aromatic N) is 3. The van der Waals surface area contributed by atoms with E-state index in [1.54, 1.807) is 0 Å². The molecule has 0 unspecified atom stereocenters. The predicted molar refractivity (Wildman–Crippen MR) is 81.4 cm³/mol. The molecule has 0 atom stereocenters. The molecule has 4 rings (SSSR count). The number of hydrogen-bond donors (Lipinski definition) is 0. The summed E-state index contributed by atoms with van der Waals surface area (Å²) >= 11 is 0. The quantitative estimate of drug-likeness (QED) is 0.863. The molecule has 2 aromatic rings. The Balaban J connectivity index is 1.54. The molecule has 0 saturated heterocycles. The van der Waals surface area contributed by atoms with Crippen LogP contribution >= 0.6 is 0 Å². The molecule has 2 heterocycles. The van der Waals surface area contributed by atoms with Crippen molar-refractivity contribution in [3.8, 4) is 0 Å². The second kappa shape index (κ2) is 5.17. The van der Waals surface area contributed by atoms with Crippen molar-refractivity contribution >= 4 is 5.69 Å². The molecule has 110 valence electrons. The first-order chi connectivity index (χ1) is 10.3. The van der Waals surface area contributed by atoms with Gasteiger partial charge in [0.1, 0.15) is 0 Å². The van der Waals surface area contributed by atoms with E-state index in [2.05, 4.69) is 40.2 Å². The maximum absolute atomic E-state index is 5.87. The molecule has 2 aliphatic rings. The lowest BCUT2D eigenvalue weighted by Crippen LogP contribution is -2.29. The first-order valence-electron chi connectivity index (χ1n) is 7.96. The van der Waals surface area contributed by atoms with Crippen molar-refractivity contribution in [1.82, 2.24) is 10.2 Å². The highest BCUT2D eigenvalue weighted by molar-refractivity contribution is 5.56. The third-order valence-electron chi connectivity index (χ3n) is 4.71. The molecule has 0 spiro atoms. The highest BCUT2D eigenvalue weighted by Crippen LogP contribution is 2.35. The lowest BCUT2D eigenvalue weighted by Gasteiger charge is -2.30. The molecule has 1 aromatic heterocycles. The van der Waals surface area contributed by atoms with Gasteiger partial charge in [-0.2, -0.15) is 0 Å². The van der Waals surface area contributed by atoms with E-state index in [4.69, 9.17) is 4.42 Å². The minimum atomic E-state index is 0.516. The summed E-state index contributed by atoms with van der Waals surface area (Å²) < 4.78 is 5.87. The number of rotatable bonds is 3. The number of anilines is 1. The standard InChI is InChI=1S/C17H21N3O/c1-12-7-8-15-14(10-12)6-3-9-20(15)11-16-18-19-17(21-16)13-4-2-5-13/h7-8,10,13H,2-6,9,11H2,1H3. The van der Waals surface area contributed by atoms with Crippen molar-refractivity contribution in [2.45, 2.75) is 51.5 Å². The first kappa shape index (κ1) is 12.9. The number of aryl methyl sites for hydroxylation is 2. The molecular formula is C17H21N3O. The smallest absolute Gasteiger partial charge is 0.235 e. The minimum absolute atomic E-state index is 0.516. The molecule has 1 saturated carbocycles. The van der Waals surface area contributed by atoms with Gasteiger partial charge < -0.3 is 9.32 Å². The molecule has 1 fully saturated rings. The molecule has 1 aliphatic heterocycles. The third-order valence-corrected chi connectivity index (χ3v) is 4.71. The Bertz CT molecular complexity index is 645. The Morgan fingerprint density at radius 3 is 2.95 bits per heavy atom. The Labute approximate surface area is 125 Å². The van der Waals surface area contributed by atoms with Crippen LogP contribution < -0.4 is 4.90 Å². The average Bonchev–Trinajstić information content (AvgIpc) is 2.85. The highest BCUT2D eigenvalue weighted by atomic mass is 16.4. The SMILES string of the molecule is Cc1ccc2c(c1)CCCN2Cc1nnc(C2CCC2)o1. The summed E-state index contributed by atoms with van der Waals surface area (Å²) in [5, 5.41) is 8.48. The highest BCUT2D eigenvalue weighted by Gasteiger charge is 2.26. The number of hydrogen-bond acceptors (Lipinski definition) is 4. The predicted octanol–water partition coefficient (Wildman–Crippen LogP) is 3.60. The van der Waals surface area contributed by atoms with Gasteiger partial charge >= 0.3 is 0 Å². The van der Waals surface area contributed by atoms with Crippen LogP contribution in [-0.2, 0) is 13.0 Å². The van der Waals surface area contributed by atoms with Crippen LogP contribution in [0.4, 0.5) is 5.69 Å². The molecule has 0 amide bonds. The van der Waals surface area contributed by atoms with Crippen molar-refractivity contribution in [1.29, 1.82) is 0 Å². The summed E-state index contributed by atoms with van der Waals surface area (Å²) in [4.78, 5) is 2.37. The molecule has 21 heavy (non-hydrogen) atoms. The zero-order chi connectivity index (χ0) is 14.2. The van der Waals surface area contributed by atoms with E-state index in [-0.39, 0.29) is 0 Å². The lowest BCUT2D eigenvalue weighted by molar-refractivity contribution is 0.324. The molecule has 1 aliphatic carbocycles. The van der Waals surface area contributed by atoms with Crippen LogP contribution in [0, 0.1) is 6.92 Å². The second-order valence-corrected chi connectivity index (χ2v) is 6.32. The van der Waals surface area contributed by atoms with Crippen LogP contribution in [0.3, 0.4) is 0 Å². The summed E-state index contributed by atoms with van der Waals surface area (Å²) in [6.45, 7) is 3.95. The zero-order valence-electron chi connectivity index (χ0n) is 12.5. The van der Waals surface area contributed by atoms with Crippen molar-refractivity contribution < 1.29 is 4.42 Å². The van der Waals surface area contributed by atoms with E-state index in [0.29, 0.717) is 5.92 Å². The number of aromatic nitrogens is 2. The fourth-order valence-electron chi connectivity index (χ4n) is 3.28. The Morgan fingerprint density at radius 2 is 2.14 bits per heavy atom. The van der Waals surface area contributed by atoms with Gasteiger partial charge in [-0.3, -0.25) is 0 Å². The second-order valence-electron chi connectivity index (χ2n) is 6.32. The topological polar surface area (TPSA) is 42.2 Å². The van der Waals surface area contributed by atoms with E-state index in [1.807, 2.05) is 0 Å². The third kappa shape index (κ3) is 2.43. The Hall–Kier alpha value is -1.84. The monoisotopic (exact) mass is 283 g/mol. The largest absolute Gasteiger partial charge is 0.423 e. The van der Waals surface area contributed by atoms with E-state index in [9.17, 15) is 0 Å². The summed E-state index contributed by atoms with van der Waals surface area (Å²) in [6.07, 6.45) is 6.06. The fraction of sp³-hybridized carbons (Fsp3) is 0.529. The van der Waals surface area contributed by atoms with Gasteiger partial charge in [-0.05, 0) is 44.2 Å². The van der Waals surface area contributed by atoms with E-state index in [0.717, 1.165) is 24.9 Å². The molecule has 4 nitrogen and oxygen atoms in total. The van der Waals surface area contributed by atoms with E-state index >= 15 is 0 Å². The number of benzene rings is 1. The van der Waals surface area contributed by atoms with Gasteiger partial charge in [-0.1, -0.05) is 24.1 Å². The maximum Gasteiger partial charge on any atom is 0.235 e. The van der Waals surface area contributed by atoms with Gasteiger partial charge in [-0.15, -0.1) is 10.2 Å². The maximum atomic E-state index is 5.87. The van der Waals surface area contributed by atoms with Gasteiger partial charge in [0.2, 0.25) is 11.8 Å². The van der Waals surface area contributed by atoms with Crippen molar-refractivity contribution in [3.05, 3.63) is 41.1 Å². The van der Waals surface area contributed by atoms with Crippen molar-refractivity contribution in [2.24, 2.45) is 0 Å². The van der Waals surface area contributed by atoms with Crippen LogP contribution in [0.1, 0.15) is 54.5 Å². The van der Waals surface area contributed by atoms with Crippen LogP contribution in [0.15, 0.2) is 22.6 Å². The van der Waals surface area contributed by atoms with Crippen LogP contribution in [0.25, 0.3) is 0 Å². The number of fused-ring (bicyclic) bond motifs is 1. The first-order valence-corrected chi connectivity index (χ1v) is 7.96. The van der Waals surface area contributed by atoms with Crippen LogP contribution in [0.5, 0.6) is 0 Å². The van der Waals surface area contributed by atoms with Crippen LogP contribution in [0.2, 0.25) is 0 Å². The summed E-state index contributed by atoms with van der Waals surface area (Å²) in [5.41, 5.74) is 4.11. The van der Waals surface area contributed by atoms with Gasteiger partial charge in [0.25, 0.3) is 0 Å². The molecule has 0 radical (unpaired) electrons. The van der Waals surface area contributed by atoms with Gasteiger partial charge in [0.15, 0.2) is 0 Å². The van der Waals surface area contributed by atoms with Gasteiger partial charge in [0.05, 0.1) is 6.54 Å². The Morgan fingerprint density at radius 1 is 1.24 bits per heavy atom. The van der Waals surface area contributed by atoms with Gasteiger partial charge in [-0.25, -0.2) is 0 Å². The zero-order valence-corrected chi connectivity index (χ0v) is 12.5. The molecule has 0 N–H and O–H groups in total. The molecule has 1 aromatic carbocycles. The summed E-state index contributed by atoms with van der Waals surface area (Å²) in [6, 6.07) is 6.72. The molecule has 0 bridgehead atoms. The average molecular weight is 283 g/mol. The molecular weight excluding hydrogens is 262 g/mol. The summed E-state index contributed by atoms with van der Waals surface area (Å²) in [5.74, 6) is 2.12. The normalized spacial score (nSPS) is 18.4.